The molecule has 1 aromatic rings. The second-order valence-electron chi connectivity index (χ2n) is 5.52. The lowest BCUT2D eigenvalue weighted by Crippen LogP contribution is -2.42. The highest BCUT2D eigenvalue weighted by Crippen LogP contribution is 2.23. The third kappa shape index (κ3) is 4.47. The maximum Gasteiger partial charge on any atom is 0.328 e. The number of hydrogen-bond donors (Lipinski definition) is 1. The van der Waals surface area contributed by atoms with Crippen LogP contribution in [0, 0.1) is 0 Å². The highest BCUT2D eigenvalue weighted by atomic mass is 16.6. The molecule has 0 saturated heterocycles. The summed E-state index contributed by atoms with van der Waals surface area (Å²) in [6.07, 6.45) is 0. The van der Waals surface area contributed by atoms with Crippen LogP contribution in [0.2, 0.25) is 0 Å². The quantitative estimate of drug-likeness (QED) is 0.850. The Kier molecular flexibility index (Phi) is 4.81. The fraction of sp³-hybridized carbons (Fsp3) is 0.533. The van der Waals surface area contributed by atoms with Gasteiger partial charge in [0.05, 0.1) is 0 Å². The minimum absolute atomic E-state index is 0.187. The molecule has 1 N–H and O–H groups in total. The van der Waals surface area contributed by atoms with Gasteiger partial charge in [-0.1, -0.05) is 6.07 Å². The van der Waals surface area contributed by atoms with Gasteiger partial charge in [-0.15, -0.1) is 0 Å². The Morgan fingerprint density at radius 2 is 2.05 bits per heavy atom. The number of aromatic hydroxyl groups is 1. The largest absolute Gasteiger partial charge is 0.508 e. The summed E-state index contributed by atoms with van der Waals surface area (Å²) >= 11 is 0. The van der Waals surface area contributed by atoms with Crippen molar-refractivity contribution in [3.63, 3.8) is 0 Å². The molecule has 0 spiro atoms. The van der Waals surface area contributed by atoms with Gasteiger partial charge in [-0.05, 0) is 46.8 Å². The number of carbonyl (C=O) groups excluding carboxylic acids is 1. The highest BCUT2D eigenvalue weighted by Gasteiger charge is 2.26. The molecular formula is C15H23NO3. The Morgan fingerprint density at radius 3 is 2.53 bits per heavy atom. The van der Waals surface area contributed by atoms with Crippen LogP contribution in [0.4, 0.5) is 5.69 Å². The number of benzene rings is 1. The van der Waals surface area contributed by atoms with Crippen LogP contribution in [0.25, 0.3) is 0 Å². The average Bonchev–Trinajstić information content (AvgIpc) is 2.27. The predicted molar refractivity (Wildman–Crippen MR) is 76.4 cm³/mol. The second kappa shape index (κ2) is 5.95. The number of hydrogen-bond acceptors (Lipinski definition) is 4. The fourth-order valence-corrected chi connectivity index (χ4v) is 1.87. The fourth-order valence-electron chi connectivity index (χ4n) is 1.87. The normalized spacial score (nSPS) is 12.9. The summed E-state index contributed by atoms with van der Waals surface area (Å²) in [5.74, 6) is -0.0787. The van der Waals surface area contributed by atoms with Crippen LogP contribution in [0.1, 0.15) is 34.6 Å². The van der Waals surface area contributed by atoms with Crippen molar-refractivity contribution in [1.82, 2.24) is 0 Å². The molecule has 0 heterocycles. The van der Waals surface area contributed by atoms with E-state index in [2.05, 4.69) is 0 Å². The van der Waals surface area contributed by atoms with Crippen molar-refractivity contribution in [2.24, 2.45) is 0 Å². The molecule has 4 heteroatoms. The van der Waals surface area contributed by atoms with Gasteiger partial charge in [0, 0.05) is 18.3 Å². The van der Waals surface area contributed by atoms with Crippen molar-refractivity contribution in [3.05, 3.63) is 24.3 Å². The van der Waals surface area contributed by atoms with E-state index in [4.69, 9.17) is 4.74 Å². The van der Waals surface area contributed by atoms with E-state index in [1.807, 2.05) is 45.6 Å². The number of ether oxygens (including phenoxy) is 1. The summed E-state index contributed by atoms with van der Waals surface area (Å²) in [5, 5.41) is 9.52. The van der Waals surface area contributed by atoms with Gasteiger partial charge in [-0.25, -0.2) is 4.79 Å². The number of carbonyl (C=O) groups is 1. The van der Waals surface area contributed by atoms with Crippen LogP contribution >= 0.6 is 0 Å². The van der Waals surface area contributed by atoms with Gasteiger partial charge in [0.15, 0.2) is 0 Å². The molecule has 106 valence electrons. The third-order valence-electron chi connectivity index (χ3n) is 2.72. The Bertz CT molecular complexity index is 437. The standard InChI is InChI=1S/C15H23NO3/c1-6-16(12-8-7-9-13(17)10-12)11(2)14(18)19-15(3,4)5/h7-11,17H,6H2,1-5H3. The first-order valence-electron chi connectivity index (χ1n) is 6.53. The topological polar surface area (TPSA) is 49.8 Å². The molecule has 0 fully saturated rings. The highest BCUT2D eigenvalue weighted by molar-refractivity contribution is 5.80. The molecule has 4 nitrogen and oxygen atoms in total. The van der Waals surface area contributed by atoms with E-state index in [0.717, 1.165) is 5.69 Å². The first-order chi connectivity index (χ1) is 8.74. The summed E-state index contributed by atoms with van der Waals surface area (Å²) in [5.41, 5.74) is 0.310. The summed E-state index contributed by atoms with van der Waals surface area (Å²) < 4.78 is 5.39. The maximum absolute atomic E-state index is 12.1. The molecule has 0 amide bonds. The number of nitrogens with zero attached hydrogens (tertiary/aromatic N) is 1. The summed E-state index contributed by atoms with van der Waals surface area (Å²) in [4.78, 5) is 14.0. The maximum atomic E-state index is 12.1. The lowest BCUT2D eigenvalue weighted by Gasteiger charge is -2.31. The van der Waals surface area contributed by atoms with Crippen molar-refractivity contribution in [2.75, 3.05) is 11.4 Å². The molecule has 0 aliphatic heterocycles. The van der Waals surface area contributed by atoms with E-state index in [1.54, 1.807) is 18.2 Å². The van der Waals surface area contributed by atoms with Crippen molar-refractivity contribution in [3.8, 4) is 5.75 Å². The van der Waals surface area contributed by atoms with Gasteiger partial charge in [0.1, 0.15) is 17.4 Å². The first kappa shape index (κ1) is 15.3. The molecule has 1 unspecified atom stereocenters. The van der Waals surface area contributed by atoms with E-state index in [1.165, 1.54) is 0 Å². The minimum atomic E-state index is -0.496. The van der Waals surface area contributed by atoms with Crippen LogP contribution in [-0.2, 0) is 9.53 Å². The molecular weight excluding hydrogens is 242 g/mol. The zero-order chi connectivity index (χ0) is 14.6. The van der Waals surface area contributed by atoms with Crippen molar-refractivity contribution >= 4 is 11.7 Å². The van der Waals surface area contributed by atoms with Crippen LogP contribution in [0.3, 0.4) is 0 Å². The Hall–Kier alpha value is -1.71. The number of rotatable bonds is 4. The van der Waals surface area contributed by atoms with Crippen molar-refractivity contribution < 1.29 is 14.6 Å². The van der Waals surface area contributed by atoms with Crippen molar-refractivity contribution in [2.45, 2.75) is 46.3 Å². The number of phenolic OH excluding ortho intramolecular Hbond substituents is 1. The number of likely N-dealkylation sites (N-methyl/N-ethyl adjacent to an activating group) is 1. The molecule has 0 aliphatic carbocycles. The Labute approximate surface area is 115 Å². The number of anilines is 1. The monoisotopic (exact) mass is 265 g/mol. The van der Waals surface area contributed by atoms with Gasteiger partial charge in [-0.3, -0.25) is 0 Å². The molecule has 1 aromatic carbocycles. The van der Waals surface area contributed by atoms with E-state index < -0.39 is 11.6 Å². The van der Waals surface area contributed by atoms with E-state index >= 15 is 0 Å². The van der Waals surface area contributed by atoms with E-state index in [9.17, 15) is 9.90 Å². The molecule has 0 radical (unpaired) electrons. The molecule has 19 heavy (non-hydrogen) atoms. The molecule has 1 rings (SSSR count). The summed E-state index contributed by atoms with van der Waals surface area (Å²) in [7, 11) is 0. The van der Waals surface area contributed by atoms with Crippen LogP contribution in [0.15, 0.2) is 24.3 Å². The zero-order valence-electron chi connectivity index (χ0n) is 12.3. The van der Waals surface area contributed by atoms with Crippen LogP contribution in [0.5, 0.6) is 5.75 Å². The zero-order valence-corrected chi connectivity index (χ0v) is 12.3. The Balaban J connectivity index is 2.88. The molecule has 0 saturated carbocycles. The van der Waals surface area contributed by atoms with Gasteiger partial charge in [-0.2, -0.15) is 0 Å². The van der Waals surface area contributed by atoms with Crippen molar-refractivity contribution in [1.29, 1.82) is 0 Å². The lowest BCUT2D eigenvalue weighted by atomic mass is 10.1. The second-order valence-corrected chi connectivity index (χ2v) is 5.52. The van der Waals surface area contributed by atoms with Gasteiger partial charge in [0.2, 0.25) is 0 Å². The van der Waals surface area contributed by atoms with E-state index in [0.29, 0.717) is 6.54 Å². The minimum Gasteiger partial charge on any atom is -0.508 e. The van der Waals surface area contributed by atoms with Gasteiger partial charge < -0.3 is 14.7 Å². The number of esters is 1. The third-order valence-corrected chi connectivity index (χ3v) is 2.72. The van der Waals surface area contributed by atoms with E-state index in [-0.39, 0.29) is 11.7 Å². The van der Waals surface area contributed by atoms with Crippen LogP contribution < -0.4 is 4.90 Å². The molecule has 0 bridgehead atoms. The SMILES string of the molecule is CCN(c1cccc(O)c1)C(C)C(=O)OC(C)(C)C. The first-order valence-corrected chi connectivity index (χ1v) is 6.53. The predicted octanol–water partition coefficient (Wildman–Crippen LogP) is 2.95. The number of phenols is 1. The average molecular weight is 265 g/mol. The van der Waals surface area contributed by atoms with Gasteiger partial charge >= 0.3 is 5.97 Å². The Morgan fingerprint density at radius 1 is 1.42 bits per heavy atom. The summed E-state index contributed by atoms with van der Waals surface area (Å²) in [6, 6.07) is 6.48. The molecule has 0 aliphatic rings. The lowest BCUT2D eigenvalue weighted by molar-refractivity contribution is -0.156. The molecule has 0 aromatic heterocycles. The smallest absolute Gasteiger partial charge is 0.328 e. The van der Waals surface area contributed by atoms with Gasteiger partial charge in [0.25, 0.3) is 0 Å². The van der Waals surface area contributed by atoms with Crippen LogP contribution in [-0.4, -0.2) is 29.3 Å². The summed E-state index contributed by atoms with van der Waals surface area (Å²) in [6.45, 7) is 9.98. The molecule has 1 atom stereocenters.